The monoisotopic (exact) mass is 282 g/mol. The molecule has 100 valence electrons. The number of nitrogens with zero attached hydrogens (tertiary/aromatic N) is 1. The molecule has 0 amide bonds. The Labute approximate surface area is 113 Å². The van der Waals surface area contributed by atoms with Gasteiger partial charge in [-0.25, -0.2) is 9.37 Å². The standard InChI is InChI=1S/C13H12ClFN2O2/c1-7-8(5-6-18)13(19)17-12(16-7)11-9(14)3-2-4-10(11)15/h2-4,18H,5-6H2,1H3,(H,16,17,19). The number of nitrogens with one attached hydrogen (secondary N) is 1. The minimum atomic E-state index is -0.551. The van der Waals surface area contributed by atoms with E-state index in [-0.39, 0.29) is 29.4 Å². The number of aliphatic hydroxyl groups excluding tert-OH is 1. The molecule has 2 rings (SSSR count). The number of rotatable bonds is 3. The van der Waals surface area contributed by atoms with Crippen molar-refractivity contribution in [3.05, 3.63) is 50.7 Å². The summed E-state index contributed by atoms with van der Waals surface area (Å²) in [5.41, 5.74) is 0.515. The molecule has 0 fully saturated rings. The summed E-state index contributed by atoms with van der Waals surface area (Å²) in [6, 6.07) is 4.25. The van der Waals surface area contributed by atoms with Crippen LogP contribution in [0.25, 0.3) is 11.4 Å². The van der Waals surface area contributed by atoms with Crippen LogP contribution in [-0.2, 0) is 6.42 Å². The zero-order valence-corrected chi connectivity index (χ0v) is 11.0. The van der Waals surface area contributed by atoms with Crippen LogP contribution in [0.2, 0.25) is 5.02 Å². The predicted molar refractivity (Wildman–Crippen MR) is 70.8 cm³/mol. The molecule has 6 heteroatoms. The second kappa shape index (κ2) is 5.50. The lowest BCUT2D eigenvalue weighted by Crippen LogP contribution is -2.18. The first kappa shape index (κ1) is 13.7. The lowest BCUT2D eigenvalue weighted by molar-refractivity contribution is 0.298. The van der Waals surface area contributed by atoms with E-state index < -0.39 is 11.4 Å². The number of aryl methyl sites for hydroxylation is 1. The molecule has 2 aromatic rings. The minimum absolute atomic E-state index is 0.0694. The van der Waals surface area contributed by atoms with Gasteiger partial charge in [0.05, 0.1) is 10.6 Å². The molecular weight excluding hydrogens is 271 g/mol. The average molecular weight is 283 g/mol. The first-order valence-corrected chi connectivity index (χ1v) is 6.07. The van der Waals surface area contributed by atoms with Gasteiger partial charge in [-0.3, -0.25) is 4.79 Å². The van der Waals surface area contributed by atoms with Gasteiger partial charge in [0.2, 0.25) is 0 Å². The van der Waals surface area contributed by atoms with E-state index in [1.165, 1.54) is 18.2 Å². The van der Waals surface area contributed by atoms with Crippen molar-refractivity contribution in [2.24, 2.45) is 0 Å². The van der Waals surface area contributed by atoms with Crippen molar-refractivity contribution in [3.8, 4) is 11.4 Å². The number of benzene rings is 1. The maximum Gasteiger partial charge on any atom is 0.254 e. The minimum Gasteiger partial charge on any atom is -0.396 e. The van der Waals surface area contributed by atoms with Crippen LogP contribution in [0, 0.1) is 12.7 Å². The first-order valence-electron chi connectivity index (χ1n) is 5.69. The summed E-state index contributed by atoms with van der Waals surface area (Å²) in [6.45, 7) is 1.49. The molecule has 0 saturated carbocycles. The fourth-order valence-electron chi connectivity index (χ4n) is 1.86. The maximum atomic E-state index is 13.8. The number of aliphatic hydroxyl groups is 1. The van der Waals surface area contributed by atoms with Gasteiger partial charge in [0, 0.05) is 24.3 Å². The summed E-state index contributed by atoms with van der Waals surface area (Å²) in [4.78, 5) is 18.5. The Hall–Kier alpha value is -1.72. The molecule has 1 aromatic heterocycles. The van der Waals surface area contributed by atoms with Crippen LogP contribution in [0.4, 0.5) is 4.39 Å². The summed E-state index contributed by atoms with van der Waals surface area (Å²) in [5.74, 6) is -0.461. The van der Waals surface area contributed by atoms with Crippen LogP contribution in [0.5, 0.6) is 0 Å². The van der Waals surface area contributed by atoms with Crippen LogP contribution in [0.3, 0.4) is 0 Å². The van der Waals surface area contributed by atoms with Gasteiger partial charge in [-0.15, -0.1) is 0 Å². The van der Waals surface area contributed by atoms with Crippen LogP contribution >= 0.6 is 11.6 Å². The molecule has 0 spiro atoms. The van der Waals surface area contributed by atoms with Gasteiger partial charge in [-0.05, 0) is 19.1 Å². The second-order valence-corrected chi connectivity index (χ2v) is 4.46. The van der Waals surface area contributed by atoms with Gasteiger partial charge in [0.15, 0.2) is 0 Å². The summed E-state index contributed by atoms with van der Waals surface area (Å²) in [6.07, 6.45) is 0.208. The Balaban J connectivity index is 2.62. The third-order valence-corrected chi connectivity index (χ3v) is 3.10. The average Bonchev–Trinajstić information content (AvgIpc) is 2.33. The number of hydrogen-bond donors (Lipinski definition) is 2. The van der Waals surface area contributed by atoms with Crippen LogP contribution < -0.4 is 5.56 Å². The number of halogens is 2. The van der Waals surface area contributed by atoms with E-state index in [4.69, 9.17) is 16.7 Å². The molecule has 0 radical (unpaired) electrons. The molecular formula is C13H12ClFN2O2. The third kappa shape index (κ3) is 2.67. The molecule has 0 unspecified atom stereocenters. The second-order valence-electron chi connectivity index (χ2n) is 4.05. The summed E-state index contributed by atoms with van der Waals surface area (Å²) in [7, 11) is 0. The van der Waals surface area contributed by atoms with E-state index >= 15 is 0 Å². The molecule has 0 bridgehead atoms. The highest BCUT2D eigenvalue weighted by Crippen LogP contribution is 2.27. The topological polar surface area (TPSA) is 66.0 Å². The largest absolute Gasteiger partial charge is 0.396 e. The van der Waals surface area contributed by atoms with Crippen molar-refractivity contribution in [1.82, 2.24) is 9.97 Å². The first-order chi connectivity index (χ1) is 9.04. The van der Waals surface area contributed by atoms with Gasteiger partial charge in [0.1, 0.15) is 11.6 Å². The molecule has 0 saturated heterocycles. The fraction of sp³-hybridized carbons (Fsp3) is 0.231. The lowest BCUT2D eigenvalue weighted by Gasteiger charge is -2.08. The molecule has 0 aliphatic carbocycles. The number of aromatic nitrogens is 2. The Kier molecular flexibility index (Phi) is 3.97. The zero-order chi connectivity index (χ0) is 14.0. The molecule has 1 heterocycles. The van der Waals surface area contributed by atoms with E-state index in [0.29, 0.717) is 11.3 Å². The van der Waals surface area contributed by atoms with Crippen molar-refractivity contribution in [2.45, 2.75) is 13.3 Å². The summed E-state index contributed by atoms with van der Waals surface area (Å²) >= 11 is 5.93. The summed E-state index contributed by atoms with van der Waals surface area (Å²) < 4.78 is 13.8. The molecule has 2 N–H and O–H groups in total. The van der Waals surface area contributed by atoms with E-state index in [1.54, 1.807) is 6.92 Å². The number of H-pyrrole nitrogens is 1. The molecule has 0 aliphatic heterocycles. The molecule has 0 atom stereocenters. The van der Waals surface area contributed by atoms with Crippen LogP contribution in [0.1, 0.15) is 11.3 Å². The summed E-state index contributed by atoms with van der Waals surface area (Å²) in [5, 5.41) is 9.06. The van der Waals surface area contributed by atoms with E-state index in [9.17, 15) is 9.18 Å². The molecule has 0 aliphatic rings. The van der Waals surface area contributed by atoms with Crippen molar-refractivity contribution in [2.75, 3.05) is 6.61 Å². The Morgan fingerprint density at radius 3 is 2.79 bits per heavy atom. The lowest BCUT2D eigenvalue weighted by atomic mass is 10.1. The van der Waals surface area contributed by atoms with Crippen LogP contribution in [-0.4, -0.2) is 21.7 Å². The van der Waals surface area contributed by atoms with Crippen molar-refractivity contribution in [1.29, 1.82) is 0 Å². The fourth-order valence-corrected chi connectivity index (χ4v) is 2.11. The normalized spacial score (nSPS) is 10.7. The van der Waals surface area contributed by atoms with E-state index in [0.717, 1.165) is 0 Å². The zero-order valence-electron chi connectivity index (χ0n) is 10.2. The van der Waals surface area contributed by atoms with Gasteiger partial charge >= 0.3 is 0 Å². The highest BCUT2D eigenvalue weighted by Gasteiger charge is 2.14. The molecule has 1 aromatic carbocycles. The number of aromatic amines is 1. The smallest absolute Gasteiger partial charge is 0.254 e. The quantitative estimate of drug-likeness (QED) is 0.906. The van der Waals surface area contributed by atoms with Crippen molar-refractivity contribution in [3.63, 3.8) is 0 Å². The maximum absolute atomic E-state index is 13.8. The van der Waals surface area contributed by atoms with Gasteiger partial charge < -0.3 is 10.1 Å². The van der Waals surface area contributed by atoms with E-state index in [2.05, 4.69) is 9.97 Å². The van der Waals surface area contributed by atoms with Gasteiger partial charge in [-0.1, -0.05) is 17.7 Å². The van der Waals surface area contributed by atoms with Gasteiger partial charge in [0.25, 0.3) is 5.56 Å². The highest BCUT2D eigenvalue weighted by molar-refractivity contribution is 6.33. The molecule has 19 heavy (non-hydrogen) atoms. The van der Waals surface area contributed by atoms with E-state index in [1.807, 2.05) is 0 Å². The predicted octanol–water partition coefficient (Wildman–Crippen LogP) is 2.07. The van der Waals surface area contributed by atoms with Gasteiger partial charge in [-0.2, -0.15) is 0 Å². The SMILES string of the molecule is Cc1nc(-c2c(F)cccc2Cl)[nH]c(=O)c1CCO. The third-order valence-electron chi connectivity index (χ3n) is 2.78. The Morgan fingerprint density at radius 1 is 1.47 bits per heavy atom. The number of hydrogen-bond acceptors (Lipinski definition) is 3. The van der Waals surface area contributed by atoms with Crippen molar-refractivity contribution < 1.29 is 9.50 Å². The van der Waals surface area contributed by atoms with Crippen LogP contribution in [0.15, 0.2) is 23.0 Å². The molecule has 4 nitrogen and oxygen atoms in total. The Bertz CT molecular complexity index is 650. The Morgan fingerprint density at radius 2 is 2.21 bits per heavy atom. The highest BCUT2D eigenvalue weighted by atomic mass is 35.5. The van der Waals surface area contributed by atoms with Crippen molar-refractivity contribution >= 4 is 11.6 Å².